The summed E-state index contributed by atoms with van der Waals surface area (Å²) in [5, 5.41) is 12.1. The molecule has 3 rings (SSSR count). The Kier molecular flexibility index (Phi) is 7.73. The van der Waals surface area contributed by atoms with E-state index in [1.165, 1.54) is 23.9 Å². The van der Waals surface area contributed by atoms with Gasteiger partial charge in [0.25, 0.3) is 0 Å². The minimum absolute atomic E-state index is 0.0176. The number of carbonyl (C=O) groups is 1. The second kappa shape index (κ2) is 10.5. The lowest BCUT2D eigenvalue weighted by molar-refractivity contribution is -0.113. The molecule has 0 radical (unpaired) electrons. The summed E-state index contributed by atoms with van der Waals surface area (Å²) in [6, 6.07) is 11.1. The van der Waals surface area contributed by atoms with Crippen molar-refractivity contribution in [3.8, 4) is 5.75 Å². The molecule has 156 valence electrons. The standard InChI is InChI=1S/C20H17Cl2FN4O2S/c1-2-10-27-17(11-29-16-9-4-3-8-15(16)23)25-26-20(27)30-12-18(28)24-19-13(21)6-5-7-14(19)22/h2-9H,1,10-12H2,(H,24,28). The van der Waals surface area contributed by atoms with Crippen molar-refractivity contribution in [3.05, 3.63) is 76.8 Å². The van der Waals surface area contributed by atoms with Crippen LogP contribution in [0.2, 0.25) is 10.0 Å². The van der Waals surface area contributed by atoms with Crippen LogP contribution in [-0.2, 0) is 17.9 Å². The molecule has 0 saturated heterocycles. The number of allylic oxidation sites excluding steroid dienone is 1. The van der Waals surface area contributed by atoms with Gasteiger partial charge in [0.2, 0.25) is 5.91 Å². The fourth-order valence-corrected chi connectivity index (χ4v) is 3.73. The van der Waals surface area contributed by atoms with Crippen molar-refractivity contribution in [2.45, 2.75) is 18.3 Å². The Bertz CT molecular complexity index is 1040. The number of hydrogen-bond acceptors (Lipinski definition) is 5. The third-order valence-corrected chi connectivity index (χ3v) is 5.45. The molecule has 2 aromatic carbocycles. The number of para-hydroxylation sites is 2. The highest BCUT2D eigenvalue weighted by Gasteiger charge is 2.16. The zero-order valence-electron chi connectivity index (χ0n) is 15.6. The summed E-state index contributed by atoms with van der Waals surface area (Å²) >= 11 is 13.3. The van der Waals surface area contributed by atoms with Gasteiger partial charge < -0.3 is 10.1 Å². The number of carbonyl (C=O) groups excluding carboxylic acids is 1. The van der Waals surface area contributed by atoms with E-state index in [1.807, 2.05) is 0 Å². The summed E-state index contributed by atoms with van der Waals surface area (Å²) in [7, 11) is 0. The Hall–Kier alpha value is -2.55. The van der Waals surface area contributed by atoms with Gasteiger partial charge in [0.1, 0.15) is 6.61 Å². The number of anilines is 1. The normalized spacial score (nSPS) is 10.6. The molecule has 30 heavy (non-hydrogen) atoms. The van der Waals surface area contributed by atoms with Crippen LogP contribution in [0.3, 0.4) is 0 Å². The second-order valence-corrected chi connectivity index (χ2v) is 7.71. The fourth-order valence-electron chi connectivity index (χ4n) is 2.47. The molecule has 0 fully saturated rings. The van der Waals surface area contributed by atoms with Gasteiger partial charge in [-0.05, 0) is 24.3 Å². The summed E-state index contributed by atoms with van der Waals surface area (Å²) in [6.45, 7) is 4.15. The summed E-state index contributed by atoms with van der Waals surface area (Å²) in [5.74, 6) is -0.0967. The van der Waals surface area contributed by atoms with Crippen LogP contribution >= 0.6 is 35.0 Å². The maximum atomic E-state index is 13.7. The molecule has 0 aliphatic rings. The van der Waals surface area contributed by atoms with E-state index in [0.717, 1.165) is 0 Å². The zero-order chi connectivity index (χ0) is 21.5. The number of ether oxygens (including phenoxy) is 1. The zero-order valence-corrected chi connectivity index (χ0v) is 18.0. The minimum atomic E-state index is -0.461. The smallest absolute Gasteiger partial charge is 0.234 e. The Labute approximate surface area is 187 Å². The first kappa shape index (κ1) is 22.1. The Morgan fingerprint density at radius 1 is 1.20 bits per heavy atom. The van der Waals surface area contributed by atoms with Crippen LogP contribution in [0.4, 0.5) is 10.1 Å². The van der Waals surface area contributed by atoms with Gasteiger partial charge in [-0.25, -0.2) is 4.39 Å². The highest BCUT2D eigenvalue weighted by Crippen LogP contribution is 2.30. The van der Waals surface area contributed by atoms with E-state index in [4.69, 9.17) is 27.9 Å². The number of aromatic nitrogens is 3. The van der Waals surface area contributed by atoms with E-state index in [1.54, 1.807) is 41.0 Å². The summed E-state index contributed by atoms with van der Waals surface area (Å²) in [5.41, 5.74) is 0.359. The number of benzene rings is 2. The molecule has 10 heteroatoms. The summed E-state index contributed by atoms with van der Waals surface area (Å²) in [6.07, 6.45) is 1.67. The molecule has 0 aliphatic carbocycles. The SMILES string of the molecule is C=CCn1c(COc2ccccc2F)nnc1SCC(=O)Nc1c(Cl)cccc1Cl. The quantitative estimate of drug-likeness (QED) is 0.345. The van der Waals surface area contributed by atoms with Gasteiger partial charge >= 0.3 is 0 Å². The molecule has 1 aromatic heterocycles. The van der Waals surface area contributed by atoms with Crippen molar-refractivity contribution in [1.82, 2.24) is 14.8 Å². The van der Waals surface area contributed by atoms with E-state index >= 15 is 0 Å². The van der Waals surface area contributed by atoms with E-state index in [0.29, 0.717) is 33.3 Å². The third-order valence-electron chi connectivity index (χ3n) is 3.86. The minimum Gasteiger partial charge on any atom is -0.483 e. The van der Waals surface area contributed by atoms with Gasteiger partial charge in [0, 0.05) is 6.54 Å². The number of nitrogens with zero attached hydrogens (tertiary/aromatic N) is 3. The predicted octanol–water partition coefficient (Wildman–Crippen LogP) is 5.22. The van der Waals surface area contributed by atoms with Gasteiger partial charge in [-0.15, -0.1) is 16.8 Å². The molecule has 0 atom stereocenters. The lowest BCUT2D eigenvalue weighted by Gasteiger charge is -2.10. The number of thioether (sulfide) groups is 1. The highest BCUT2D eigenvalue weighted by molar-refractivity contribution is 7.99. The molecule has 0 spiro atoms. The van der Waals surface area contributed by atoms with Crippen molar-refractivity contribution >= 4 is 46.6 Å². The molecule has 3 aromatic rings. The lowest BCUT2D eigenvalue weighted by atomic mass is 10.3. The predicted molar refractivity (Wildman–Crippen MR) is 117 cm³/mol. The number of rotatable bonds is 9. The van der Waals surface area contributed by atoms with Crippen LogP contribution in [0, 0.1) is 5.82 Å². The topological polar surface area (TPSA) is 69.0 Å². The van der Waals surface area contributed by atoms with Gasteiger partial charge in [-0.2, -0.15) is 0 Å². The fraction of sp³-hybridized carbons (Fsp3) is 0.150. The van der Waals surface area contributed by atoms with Crippen LogP contribution in [0.1, 0.15) is 5.82 Å². The van der Waals surface area contributed by atoms with Gasteiger partial charge in [0.15, 0.2) is 22.5 Å². The first-order valence-electron chi connectivity index (χ1n) is 8.76. The number of halogens is 3. The number of amides is 1. The van der Waals surface area contributed by atoms with Crippen molar-refractivity contribution in [2.75, 3.05) is 11.1 Å². The average Bonchev–Trinajstić information content (AvgIpc) is 3.11. The average molecular weight is 467 g/mol. The molecule has 0 aliphatic heterocycles. The van der Waals surface area contributed by atoms with Gasteiger partial charge in [-0.3, -0.25) is 9.36 Å². The van der Waals surface area contributed by atoms with Crippen molar-refractivity contribution in [2.24, 2.45) is 0 Å². The number of hydrogen-bond donors (Lipinski definition) is 1. The molecular formula is C20H17Cl2FN4O2S. The molecule has 1 N–H and O–H groups in total. The van der Waals surface area contributed by atoms with Crippen LogP contribution in [0.15, 0.2) is 60.3 Å². The van der Waals surface area contributed by atoms with Crippen molar-refractivity contribution < 1.29 is 13.9 Å². The maximum absolute atomic E-state index is 13.7. The van der Waals surface area contributed by atoms with Crippen molar-refractivity contribution in [1.29, 1.82) is 0 Å². The molecule has 0 saturated carbocycles. The first-order chi connectivity index (χ1) is 14.5. The Morgan fingerprint density at radius 3 is 2.63 bits per heavy atom. The molecule has 1 amide bonds. The van der Waals surface area contributed by atoms with Crippen molar-refractivity contribution in [3.63, 3.8) is 0 Å². The molecule has 1 heterocycles. The van der Waals surface area contributed by atoms with E-state index < -0.39 is 5.82 Å². The lowest BCUT2D eigenvalue weighted by Crippen LogP contribution is -2.15. The van der Waals surface area contributed by atoms with Crippen LogP contribution in [0.5, 0.6) is 5.75 Å². The summed E-state index contributed by atoms with van der Waals surface area (Å²) < 4.78 is 21.0. The van der Waals surface area contributed by atoms with Gasteiger partial charge in [-0.1, -0.05) is 59.2 Å². The van der Waals surface area contributed by atoms with Crippen LogP contribution < -0.4 is 10.1 Å². The monoisotopic (exact) mass is 466 g/mol. The van der Waals surface area contributed by atoms with Crippen LogP contribution in [0.25, 0.3) is 0 Å². The third kappa shape index (κ3) is 5.53. The summed E-state index contributed by atoms with van der Waals surface area (Å²) in [4.78, 5) is 12.3. The van der Waals surface area contributed by atoms with E-state index in [9.17, 15) is 9.18 Å². The van der Waals surface area contributed by atoms with E-state index in [-0.39, 0.29) is 24.0 Å². The molecular weight excluding hydrogens is 450 g/mol. The van der Waals surface area contributed by atoms with Crippen LogP contribution in [-0.4, -0.2) is 26.4 Å². The Balaban J connectivity index is 1.65. The first-order valence-corrected chi connectivity index (χ1v) is 10.5. The highest BCUT2D eigenvalue weighted by atomic mass is 35.5. The molecule has 0 unspecified atom stereocenters. The number of nitrogens with one attached hydrogen (secondary N) is 1. The van der Waals surface area contributed by atoms with E-state index in [2.05, 4.69) is 22.1 Å². The molecule has 6 nitrogen and oxygen atoms in total. The van der Waals surface area contributed by atoms with Gasteiger partial charge in [0.05, 0.1) is 21.5 Å². The maximum Gasteiger partial charge on any atom is 0.234 e. The molecule has 0 bridgehead atoms. The largest absolute Gasteiger partial charge is 0.483 e. The second-order valence-electron chi connectivity index (χ2n) is 5.95. The Morgan fingerprint density at radius 2 is 1.93 bits per heavy atom.